The van der Waals surface area contributed by atoms with Gasteiger partial charge in [-0.05, 0) is 54.8 Å². The maximum Gasteiger partial charge on any atom is 0.272 e. The Hall–Kier alpha value is -3.15. The molecule has 134 valence electrons. The molecule has 3 aromatic rings. The number of nitrogens with one attached hydrogen (secondary N) is 1. The summed E-state index contributed by atoms with van der Waals surface area (Å²) in [7, 11) is 0. The van der Waals surface area contributed by atoms with E-state index in [2.05, 4.69) is 10.4 Å². The van der Waals surface area contributed by atoms with Crippen molar-refractivity contribution in [3.63, 3.8) is 0 Å². The predicted octanol–water partition coefficient (Wildman–Crippen LogP) is 3.61. The summed E-state index contributed by atoms with van der Waals surface area (Å²) in [5.41, 5.74) is 3.28. The molecule has 5 nitrogen and oxygen atoms in total. The highest BCUT2D eigenvalue weighted by Gasteiger charge is 2.10. The number of carbonyl (C=O) groups excluding carboxylic acids is 1. The Morgan fingerprint density at radius 1 is 1.15 bits per heavy atom. The van der Waals surface area contributed by atoms with E-state index in [0.717, 1.165) is 22.4 Å². The molecule has 1 heterocycles. The average Bonchev–Trinajstić information content (AvgIpc) is 3.11. The van der Waals surface area contributed by atoms with Crippen LogP contribution in [-0.4, -0.2) is 15.7 Å². The van der Waals surface area contributed by atoms with Gasteiger partial charge in [0.15, 0.2) is 6.73 Å². The minimum absolute atomic E-state index is 0.218. The van der Waals surface area contributed by atoms with E-state index in [0.29, 0.717) is 12.2 Å². The summed E-state index contributed by atoms with van der Waals surface area (Å²) in [6.45, 7) is 4.51. The third kappa shape index (κ3) is 4.47. The fourth-order valence-corrected chi connectivity index (χ4v) is 2.43. The lowest BCUT2D eigenvalue weighted by molar-refractivity contribution is 0.0944. The first-order chi connectivity index (χ1) is 12.5. The highest BCUT2D eigenvalue weighted by molar-refractivity contribution is 5.92. The zero-order valence-corrected chi connectivity index (χ0v) is 14.7. The second-order valence-corrected chi connectivity index (χ2v) is 6.09. The van der Waals surface area contributed by atoms with Gasteiger partial charge in [-0.15, -0.1) is 0 Å². The lowest BCUT2D eigenvalue weighted by Gasteiger charge is -2.09. The second kappa shape index (κ2) is 7.82. The molecular formula is C20H20FN3O2. The summed E-state index contributed by atoms with van der Waals surface area (Å²) >= 11 is 0. The van der Waals surface area contributed by atoms with Gasteiger partial charge in [-0.3, -0.25) is 4.79 Å². The Labute approximate surface area is 151 Å². The molecule has 0 aliphatic rings. The van der Waals surface area contributed by atoms with Crippen LogP contribution in [0, 0.1) is 19.7 Å². The standard InChI is InChI=1S/C20H20FN3O2/c1-14-3-4-15(2)19(11-14)26-13-24-10-9-18(23-24)20(25)22-12-16-5-7-17(21)8-6-16/h3-11H,12-13H2,1-2H3,(H,22,25). The molecule has 0 spiro atoms. The summed E-state index contributed by atoms with van der Waals surface area (Å²) in [6, 6.07) is 13.6. The highest BCUT2D eigenvalue weighted by Crippen LogP contribution is 2.19. The van der Waals surface area contributed by atoms with Crippen molar-refractivity contribution >= 4 is 5.91 Å². The van der Waals surface area contributed by atoms with Crippen molar-refractivity contribution in [2.24, 2.45) is 0 Å². The molecule has 0 aliphatic carbocycles. The summed E-state index contributed by atoms with van der Waals surface area (Å²) < 4.78 is 20.2. The molecule has 0 fully saturated rings. The first-order valence-corrected chi connectivity index (χ1v) is 8.27. The van der Waals surface area contributed by atoms with Crippen molar-refractivity contribution < 1.29 is 13.9 Å². The third-order valence-electron chi connectivity index (χ3n) is 3.94. The minimum Gasteiger partial charge on any atom is -0.471 e. The van der Waals surface area contributed by atoms with Crippen molar-refractivity contribution in [3.05, 3.63) is 82.9 Å². The van der Waals surface area contributed by atoms with Crippen LogP contribution >= 0.6 is 0 Å². The second-order valence-electron chi connectivity index (χ2n) is 6.09. The van der Waals surface area contributed by atoms with Crippen LogP contribution in [0.5, 0.6) is 5.75 Å². The molecule has 0 radical (unpaired) electrons. The van der Waals surface area contributed by atoms with Crippen molar-refractivity contribution in [3.8, 4) is 5.75 Å². The number of aromatic nitrogens is 2. The number of rotatable bonds is 6. The van der Waals surface area contributed by atoms with E-state index < -0.39 is 0 Å². The number of ether oxygens (including phenoxy) is 1. The van der Waals surface area contributed by atoms with Gasteiger partial charge in [-0.2, -0.15) is 5.10 Å². The van der Waals surface area contributed by atoms with Crippen LogP contribution in [0.15, 0.2) is 54.7 Å². The van der Waals surface area contributed by atoms with Crippen molar-refractivity contribution in [1.82, 2.24) is 15.1 Å². The molecule has 0 atom stereocenters. The van der Waals surface area contributed by atoms with Gasteiger partial charge in [0.25, 0.3) is 5.91 Å². The maximum absolute atomic E-state index is 12.9. The van der Waals surface area contributed by atoms with E-state index in [-0.39, 0.29) is 18.5 Å². The number of benzene rings is 2. The summed E-state index contributed by atoms with van der Waals surface area (Å²) in [6.07, 6.45) is 1.69. The monoisotopic (exact) mass is 353 g/mol. The van der Waals surface area contributed by atoms with Gasteiger partial charge in [-0.25, -0.2) is 9.07 Å². The Kier molecular flexibility index (Phi) is 5.31. The number of hydrogen-bond acceptors (Lipinski definition) is 3. The largest absolute Gasteiger partial charge is 0.471 e. The lowest BCUT2D eigenvalue weighted by atomic mass is 10.1. The molecular weight excluding hydrogens is 333 g/mol. The summed E-state index contributed by atoms with van der Waals surface area (Å²) in [5, 5.41) is 6.98. The quantitative estimate of drug-likeness (QED) is 0.737. The van der Waals surface area contributed by atoms with E-state index in [1.165, 1.54) is 12.1 Å². The number of amides is 1. The van der Waals surface area contributed by atoms with Crippen LogP contribution in [-0.2, 0) is 13.3 Å². The first kappa shape index (κ1) is 17.7. The molecule has 3 rings (SSSR count). The van der Waals surface area contributed by atoms with Crippen LogP contribution in [0.25, 0.3) is 0 Å². The van der Waals surface area contributed by atoms with Crippen LogP contribution in [0.1, 0.15) is 27.2 Å². The Balaban J connectivity index is 1.55. The van der Waals surface area contributed by atoms with Crippen molar-refractivity contribution in [2.45, 2.75) is 27.1 Å². The van der Waals surface area contributed by atoms with Gasteiger partial charge in [0.2, 0.25) is 0 Å². The first-order valence-electron chi connectivity index (χ1n) is 8.27. The molecule has 0 unspecified atom stereocenters. The Bertz CT molecular complexity index is 904. The van der Waals surface area contributed by atoms with E-state index >= 15 is 0 Å². The molecule has 0 bridgehead atoms. The molecule has 0 saturated carbocycles. The summed E-state index contributed by atoms with van der Waals surface area (Å²) in [4.78, 5) is 12.2. The molecule has 1 amide bonds. The third-order valence-corrected chi connectivity index (χ3v) is 3.94. The molecule has 1 N–H and O–H groups in total. The van der Waals surface area contributed by atoms with Gasteiger partial charge in [-0.1, -0.05) is 24.3 Å². The number of carbonyl (C=O) groups is 1. The van der Waals surface area contributed by atoms with Crippen LogP contribution in [0.4, 0.5) is 4.39 Å². The van der Waals surface area contributed by atoms with Gasteiger partial charge < -0.3 is 10.1 Å². The van der Waals surface area contributed by atoms with Gasteiger partial charge >= 0.3 is 0 Å². The van der Waals surface area contributed by atoms with Gasteiger partial charge in [0.1, 0.15) is 17.3 Å². The molecule has 6 heteroatoms. The van der Waals surface area contributed by atoms with Crippen molar-refractivity contribution in [1.29, 1.82) is 0 Å². The van der Waals surface area contributed by atoms with Crippen molar-refractivity contribution in [2.75, 3.05) is 0 Å². The topological polar surface area (TPSA) is 56.1 Å². The lowest BCUT2D eigenvalue weighted by Crippen LogP contribution is -2.23. The molecule has 0 saturated heterocycles. The Morgan fingerprint density at radius 2 is 1.92 bits per heavy atom. The smallest absolute Gasteiger partial charge is 0.272 e. The van der Waals surface area contributed by atoms with Gasteiger partial charge in [0.05, 0.1) is 0 Å². The van der Waals surface area contributed by atoms with E-state index in [1.807, 2.05) is 32.0 Å². The van der Waals surface area contributed by atoms with Crippen LogP contribution in [0.2, 0.25) is 0 Å². The fraction of sp³-hybridized carbons (Fsp3) is 0.200. The number of halogens is 1. The maximum atomic E-state index is 12.9. The Morgan fingerprint density at radius 3 is 2.69 bits per heavy atom. The predicted molar refractivity (Wildman–Crippen MR) is 96.3 cm³/mol. The molecule has 2 aromatic carbocycles. The number of hydrogen-bond donors (Lipinski definition) is 1. The van der Waals surface area contributed by atoms with E-state index in [1.54, 1.807) is 29.1 Å². The zero-order chi connectivity index (χ0) is 18.5. The highest BCUT2D eigenvalue weighted by atomic mass is 19.1. The zero-order valence-electron chi connectivity index (χ0n) is 14.7. The SMILES string of the molecule is Cc1ccc(C)c(OCn2ccc(C(=O)NCc3ccc(F)cc3)n2)c1. The minimum atomic E-state index is -0.303. The number of aryl methyl sites for hydroxylation is 2. The molecule has 1 aromatic heterocycles. The fourth-order valence-electron chi connectivity index (χ4n) is 2.43. The average molecular weight is 353 g/mol. The van der Waals surface area contributed by atoms with E-state index in [4.69, 9.17) is 4.74 Å². The normalized spacial score (nSPS) is 10.6. The van der Waals surface area contributed by atoms with Crippen LogP contribution in [0.3, 0.4) is 0 Å². The van der Waals surface area contributed by atoms with E-state index in [9.17, 15) is 9.18 Å². The summed E-state index contributed by atoms with van der Waals surface area (Å²) in [5.74, 6) is 0.199. The molecule has 0 aliphatic heterocycles. The number of nitrogens with zero attached hydrogens (tertiary/aromatic N) is 2. The van der Waals surface area contributed by atoms with Crippen LogP contribution < -0.4 is 10.1 Å². The molecule has 26 heavy (non-hydrogen) atoms. The van der Waals surface area contributed by atoms with Gasteiger partial charge in [0, 0.05) is 12.7 Å².